The van der Waals surface area contributed by atoms with E-state index in [-0.39, 0.29) is 5.78 Å². The molecule has 1 aromatic carbocycles. The van der Waals surface area contributed by atoms with Crippen LogP contribution >= 0.6 is 0 Å². The van der Waals surface area contributed by atoms with Crippen molar-refractivity contribution in [2.24, 2.45) is 0 Å². The minimum Gasteiger partial charge on any atom is -0.530 e. The van der Waals surface area contributed by atoms with Crippen LogP contribution in [0.25, 0.3) is 0 Å². The molecule has 0 aliphatic carbocycles. The van der Waals surface area contributed by atoms with Crippen LogP contribution in [0.4, 0.5) is 10.5 Å². The van der Waals surface area contributed by atoms with Crippen LogP contribution in [0, 0.1) is 0 Å². The molecule has 4 nitrogen and oxygen atoms in total. The molecule has 0 heterocycles. The van der Waals surface area contributed by atoms with Crippen molar-refractivity contribution >= 4 is 17.6 Å². The highest BCUT2D eigenvalue weighted by Gasteiger charge is 2.22. The van der Waals surface area contributed by atoms with Crippen LogP contribution in [0.1, 0.15) is 38.1 Å². The van der Waals surface area contributed by atoms with Gasteiger partial charge in [0, 0.05) is 16.8 Å². The van der Waals surface area contributed by atoms with E-state index in [2.05, 4.69) is 0 Å². The van der Waals surface area contributed by atoms with Gasteiger partial charge in [-0.2, -0.15) is 0 Å². The summed E-state index contributed by atoms with van der Waals surface area (Å²) < 4.78 is 0. The quantitative estimate of drug-likeness (QED) is 0.733. The van der Waals surface area contributed by atoms with E-state index < -0.39 is 11.6 Å². The summed E-state index contributed by atoms with van der Waals surface area (Å²) in [6.07, 6.45) is -1.26. The number of amides is 1. The van der Waals surface area contributed by atoms with E-state index in [0.29, 0.717) is 11.3 Å². The molecule has 0 aromatic heterocycles. The van der Waals surface area contributed by atoms with Crippen LogP contribution in [-0.2, 0) is 0 Å². The normalized spacial score (nSPS) is 11.1. The van der Waals surface area contributed by atoms with Crippen LogP contribution < -0.4 is 10.0 Å². The molecule has 0 fully saturated rings. The summed E-state index contributed by atoms with van der Waals surface area (Å²) in [5.74, 6) is -0.0488. The second kappa shape index (κ2) is 4.57. The first-order valence-corrected chi connectivity index (χ1v) is 5.35. The van der Waals surface area contributed by atoms with Crippen LogP contribution in [-0.4, -0.2) is 17.4 Å². The third kappa shape index (κ3) is 3.06. The van der Waals surface area contributed by atoms with Gasteiger partial charge in [-0.1, -0.05) is 0 Å². The summed E-state index contributed by atoms with van der Waals surface area (Å²) in [6.45, 7) is 6.81. The number of hydrogen-bond donors (Lipinski definition) is 0. The summed E-state index contributed by atoms with van der Waals surface area (Å²) in [7, 11) is 0. The maximum absolute atomic E-state index is 11.1. The van der Waals surface area contributed by atoms with E-state index in [1.54, 1.807) is 45.0 Å². The van der Waals surface area contributed by atoms with Crippen LogP contribution in [0.3, 0.4) is 0 Å². The Bertz CT molecular complexity index is 429. The molecule has 92 valence electrons. The maximum atomic E-state index is 11.1. The third-order valence-corrected chi connectivity index (χ3v) is 2.39. The molecule has 17 heavy (non-hydrogen) atoms. The molecule has 0 aliphatic heterocycles. The Hall–Kier alpha value is -1.84. The van der Waals surface area contributed by atoms with Gasteiger partial charge in [0.15, 0.2) is 5.78 Å². The molecule has 1 amide bonds. The smallest absolute Gasteiger partial charge is 0.159 e. The number of rotatable bonds is 2. The predicted molar refractivity (Wildman–Crippen MR) is 64.1 cm³/mol. The SMILES string of the molecule is CC(=O)c1ccc(N(C(=O)[O-])C(C)(C)C)cc1. The number of carboxylic acid groups (broad SMARTS) is 1. The molecule has 4 heteroatoms. The van der Waals surface area contributed by atoms with Crippen LogP contribution in [0.15, 0.2) is 24.3 Å². The topological polar surface area (TPSA) is 60.4 Å². The van der Waals surface area contributed by atoms with E-state index in [4.69, 9.17) is 0 Å². The number of carbonyl (C=O) groups is 2. The lowest BCUT2D eigenvalue weighted by molar-refractivity contribution is -0.247. The Morgan fingerprint density at radius 3 is 1.88 bits per heavy atom. The van der Waals surface area contributed by atoms with Crippen molar-refractivity contribution in [2.75, 3.05) is 4.90 Å². The lowest BCUT2D eigenvalue weighted by atomic mass is 10.0. The van der Waals surface area contributed by atoms with Crippen molar-refractivity contribution in [3.05, 3.63) is 29.8 Å². The number of nitrogens with zero attached hydrogens (tertiary/aromatic N) is 1. The maximum Gasteiger partial charge on any atom is 0.159 e. The zero-order valence-corrected chi connectivity index (χ0v) is 10.5. The molecular formula is C13H16NO3-. The largest absolute Gasteiger partial charge is 0.530 e. The molecule has 0 aliphatic rings. The van der Waals surface area contributed by atoms with E-state index in [1.165, 1.54) is 6.92 Å². The number of carbonyl (C=O) groups excluding carboxylic acids is 2. The van der Waals surface area contributed by atoms with Gasteiger partial charge in [0.1, 0.15) is 6.09 Å². The van der Waals surface area contributed by atoms with E-state index in [0.717, 1.165) is 4.90 Å². The Labute approximate surface area is 101 Å². The molecule has 0 atom stereocenters. The minimum absolute atomic E-state index is 0.0488. The van der Waals surface area contributed by atoms with Gasteiger partial charge in [0.05, 0.1) is 0 Å². The first-order valence-electron chi connectivity index (χ1n) is 5.35. The second-order valence-electron chi connectivity index (χ2n) is 4.88. The molecule has 0 saturated carbocycles. The van der Waals surface area contributed by atoms with Crippen molar-refractivity contribution in [1.29, 1.82) is 0 Å². The highest BCUT2D eigenvalue weighted by atomic mass is 16.4. The Morgan fingerprint density at radius 1 is 1.12 bits per heavy atom. The highest BCUT2D eigenvalue weighted by Crippen LogP contribution is 2.23. The molecule has 0 unspecified atom stereocenters. The van der Waals surface area contributed by atoms with E-state index >= 15 is 0 Å². The molecular weight excluding hydrogens is 218 g/mol. The standard InChI is InChI=1S/C13H17NO3/c1-9(15)10-5-7-11(8-6-10)14(12(16)17)13(2,3)4/h5-8H,1-4H3,(H,16,17)/p-1. The monoisotopic (exact) mass is 234 g/mol. The molecule has 1 rings (SSSR count). The Morgan fingerprint density at radius 2 is 1.59 bits per heavy atom. The van der Waals surface area contributed by atoms with Gasteiger partial charge in [-0.05, 0) is 52.0 Å². The number of hydrogen-bond acceptors (Lipinski definition) is 3. The Kier molecular flexibility index (Phi) is 3.56. The molecule has 0 spiro atoms. The van der Waals surface area contributed by atoms with Crippen molar-refractivity contribution in [2.45, 2.75) is 33.2 Å². The van der Waals surface area contributed by atoms with Gasteiger partial charge in [0.25, 0.3) is 0 Å². The lowest BCUT2D eigenvalue weighted by Gasteiger charge is -2.37. The summed E-state index contributed by atoms with van der Waals surface area (Å²) in [5.41, 5.74) is 0.472. The lowest BCUT2D eigenvalue weighted by Crippen LogP contribution is -2.52. The van der Waals surface area contributed by atoms with Gasteiger partial charge in [-0.15, -0.1) is 0 Å². The second-order valence-corrected chi connectivity index (χ2v) is 4.88. The Balaban J connectivity index is 3.13. The van der Waals surface area contributed by atoms with Crippen LogP contribution in [0.5, 0.6) is 0 Å². The molecule has 0 bridgehead atoms. The number of Topliss-reactive ketones (excluding diaryl/α,β-unsaturated/α-hetero) is 1. The van der Waals surface area contributed by atoms with Gasteiger partial charge < -0.3 is 14.8 Å². The van der Waals surface area contributed by atoms with E-state index in [9.17, 15) is 14.7 Å². The first-order chi connectivity index (χ1) is 7.73. The number of anilines is 1. The van der Waals surface area contributed by atoms with Gasteiger partial charge in [0.2, 0.25) is 0 Å². The summed E-state index contributed by atoms with van der Waals surface area (Å²) in [6, 6.07) is 6.44. The molecule has 1 aromatic rings. The predicted octanol–water partition coefficient (Wildman–Crippen LogP) is 1.84. The molecule has 0 radical (unpaired) electrons. The van der Waals surface area contributed by atoms with Crippen LogP contribution in [0.2, 0.25) is 0 Å². The molecule has 0 N–H and O–H groups in total. The summed E-state index contributed by atoms with van der Waals surface area (Å²) in [5, 5.41) is 11.1. The first kappa shape index (κ1) is 13.2. The fourth-order valence-electron chi connectivity index (χ4n) is 1.61. The van der Waals surface area contributed by atoms with Crippen molar-refractivity contribution in [3.8, 4) is 0 Å². The van der Waals surface area contributed by atoms with Gasteiger partial charge >= 0.3 is 0 Å². The van der Waals surface area contributed by atoms with Gasteiger partial charge in [-0.25, -0.2) is 0 Å². The zero-order chi connectivity index (χ0) is 13.2. The average Bonchev–Trinajstić information content (AvgIpc) is 2.15. The third-order valence-electron chi connectivity index (χ3n) is 2.39. The van der Waals surface area contributed by atoms with Crippen molar-refractivity contribution < 1.29 is 14.7 Å². The fourth-order valence-corrected chi connectivity index (χ4v) is 1.61. The van der Waals surface area contributed by atoms with Crippen molar-refractivity contribution in [3.63, 3.8) is 0 Å². The van der Waals surface area contributed by atoms with Crippen molar-refractivity contribution in [1.82, 2.24) is 0 Å². The fraction of sp³-hybridized carbons (Fsp3) is 0.385. The average molecular weight is 234 g/mol. The number of ketones is 1. The van der Waals surface area contributed by atoms with E-state index in [1.807, 2.05) is 0 Å². The highest BCUT2D eigenvalue weighted by molar-refractivity contribution is 5.95. The number of benzene rings is 1. The minimum atomic E-state index is -1.26. The van der Waals surface area contributed by atoms with Gasteiger partial charge in [-0.3, -0.25) is 4.79 Å². The molecule has 0 saturated heterocycles. The summed E-state index contributed by atoms with van der Waals surface area (Å²) in [4.78, 5) is 23.4. The summed E-state index contributed by atoms with van der Waals surface area (Å²) >= 11 is 0. The zero-order valence-electron chi connectivity index (χ0n) is 10.5.